The Morgan fingerprint density at radius 3 is 3.00 bits per heavy atom. The minimum absolute atomic E-state index is 0.281. The molecule has 0 unspecified atom stereocenters. The molecule has 0 aliphatic heterocycles. The van der Waals surface area contributed by atoms with Crippen molar-refractivity contribution in [3.63, 3.8) is 0 Å². The Balaban J connectivity index is 2.13. The lowest BCUT2D eigenvalue weighted by atomic mass is 10.3. The van der Waals surface area contributed by atoms with Crippen molar-refractivity contribution in [2.75, 3.05) is 0 Å². The first kappa shape index (κ1) is 8.70. The topological polar surface area (TPSA) is 12.9 Å². The minimum Gasteiger partial charge on any atom is -0.245 e. The van der Waals surface area contributed by atoms with Gasteiger partial charge in [-0.2, -0.15) is 0 Å². The van der Waals surface area contributed by atoms with Crippen molar-refractivity contribution >= 4 is 27.3 Å². The summed E-state index contributed by atoms with van der Waals surface area (Å²) in [4.78, 5) is 4.61. The van der Waals surface area contributed by atoms with Crippen LogP contribution in [0.2, 0.25) is 0 Å². The average Bonchev–Trinajstić information content (AvgIpc) is 2.64. The van der Waals surface area contributed by atoms with Gasteiger partial charge in [-0.05, 0) is 19.3 Å². The zero-order valence-electron chi connectivity index (χ0n) is 7.14. The largest absolute Gasteiger partial charge is 0.245 e. The van der Waals surface area contributed by atoms with E-state index in [4.69, 9.17) is 0 Å². The molecule has 12 heavy (non-hydrogen) atoms. The van der Waals surface area contributed by atoms with E-state index in [1.54, 1.807) is 11.3 Å². The molecule has 0 saturated heterocycles. The van der Waals surface area contributed by atoms with Crippen LogP contribution >= 0.6 is 27.3 Å². The zero-order valence-corrected chi connectivity index (χ0v) is 9.54. The molecule has 1 nitrogen and oxygen atoms in total. The molecule has 0 radical (unpaired) electrons. The molecule has 3 heteroatoms. The van der Waals surface area contributed by atoms with Crippen LogP contribution in [-0.2, 0) is 10.7 Å². The third-order valence-corrected chi connectivity index (χ3v) is 4.66. The van der Waals surface area contributed by atoms with Gasteiger partial charge in [0.05, 0.1) is 10.0 Å². The number of alkyl halides is 1. The molecule has 1 saturated carbocycles. The molecular weight excluding hydrogens is 234 g/mol. The lowest BCUT2D eigenvalue weighted by Crippen LogP contribution is -1.94. The quantitative estimate of drug-likeness (QED) is 0.744. The van der Waals surface area contributed by atoms with Gasteiger partial charge in [0.1, 0.15) is 5.01 Å². The highest BCUT2D eigenvalue weighted by Crippen LogP contribution is 2.54. The maximum atomic E-state index is 4.61. The molecule has 0 amide bonds. The first-order valence-corrected chi connectivity index (χ1v) is 6.06. The second kappa shape index (κ2) is 3.11. The number of aryl methyl sites for hydroxylation is 1. The fourth-order valence-corrected chi connectivity index (χ4v) is 2.78. The van der Waals surface area contributed by atoms with Crippen molar-refractivity contribution in [1.82, 2.24) is 4.98 Å². The molecule has 0 aromatic carbocycles. The smallest absolute Gasteiger partial charge is 0.110 e. The van der Waals surface area contributed by atoms with E-state index in [0.29, 0.717) is 0 Å². The minimum atomic E-state index is 0.281. The number of rotatable bonds is 3. The fourth-order valence-electron chi connectivity index (χ4n) is 1.21. The Labute approximate surface area is 85.3 Å². The van der Waals surface area contributed by atoms with Crippen LogP contribution in [0, 0.1) is 0 Å². The van der Waals surface area contributed by atoms with Crippen molar-refractivity contribution in [2.45, 2.75) is 36.9 Å². The molecule has 66 valence electrons. The van der Waals surface area contributed by atoms with E-state index in [9.17, 15) is 0 Å². The summed E-state index contributed by atoms with van der Waals surface area (Å²) in [6, 6.07) is 0. The Kier molecular flexibility index (Phi) is 2.25. The molecule has 1 aliphatic rings. The molecule has 1 aromatic heterocycles. The van der Waals surface area contributed by atoms with E-state index in [2.05, 4.69) is 33.2 Å². The van der Waals surface area contributed by atoms with Gasteiger partial charge in [0.2, 0.25) is 0 Å². The summed E-state index contributed by atoms with van der Waals surface area (Å²) in [5, 5.41) is 3.48. The summed E-state index contributed by atoms with van der Waals surface area (Å²) in [6.45, 7) is 2.19. The number of hydrogen-bond donors (Lipinski definition) is 0. The lowest BCUT2D eigenvalue weighted by Gasteiger charge is -1.98. The number of aromatic nitrogens is 1. The highest BCUT2D eigenvalue weighted by Gasteiger charge is 2.44. The normalized spacial score (nSPS) is 19.5. The summed E-state index contributed by atoms with van der Waals surface area (Å²) >= 11 is 5.51. The first-order valence-electron chi connectivity index (χ1n) is 4.38. The van der Waals surface area contributed by atoms with Gasteiger partial charge in [0.15, 0.2) is 0 Å². The number of thiazole rings is 1. The van der Waals surface area contributed by atoms with E-state index in [1.807, 2.05) is 0 Å². The summed E-state index contributed by atoms with van der Waals surface area (Å²) in [6.07, 6.45) is 4.83. The Hall–Kier alpha value is 0.110. The van der Waals surface area contributed by atoms with Crippen LogP contribution in [0.5, 0.6) is 0 Å². The molecule has 1 aliphatic carbocycles. The molecule has 0 atom stereocenters. The number of nitrogens with zero attached hydrogens (tertiary/aromatic N) is 1. The number of halogens is 1. The summed E-state index contributed by atoms with van der Waals surface area (Å²) in [5.41, 5.74) is 1.27. The van der Waals surface area contributed by atoms with Gasteiger partial charge in [-0.15, -0.1) is 11.3 Å². The van der Waals surface area contributed by atoms with E-state index in [-0.39, 0.29) is 4.32 Å². The van der Waals surface area contributed by atoms with E-state index < -0.39 is 0 Å². The van der Waals surface area contributed by atoms with E-state index in [0.717, 1.165) is 6.42 Å². The Morgan fingerprint density at radius 1 is 1.67 bits per heavy atom. The Bertz CT molecular complexity index is 278. The van der Waals surface area contributed by atoms with Gasteiger partial charge >= 0.3 is 0 Å². The van der Waals surface area contributed by atoms with Crippen molar-refractivity contribution in [2.24, 2.45) is 0 Å². The third kappa shape index (κ3) is 1.57. The van der Waals surface area contributed by atoms with Gasteiger partial charge in [-0.3, -0.25) is 0 Å². The second-order valence-corrected chi connectivity index (χ2v) is 5.74. The van der Waals surface area contributed by atoms with Crippen molar-refractivity contribution < 1.29 is 0 Å². The molecule has 1 heterocycles. The SMILES string of the molecule is CCCc1csc(C2(Br)CC2)n1. The van der Waals surface area contributed by atoms with E-state index in [1.165, 1.54) is 30.0 Å². The van der Waals surface area contributed by atoms with Gasteiger partial charge in [0, 0.05) is 5.38 Å². The summed E-state index contributed by atoms with van der Waals surface area (Å²) in [5.74, 6) is 0. The van der Waals surface area contributed by atoms with E-state index >= 15 is 0 Å². The van der Waals surface area contributed by atoms with Crippen molar-refractivity contribution in [3.8, 4) is 0 Å². The van der Waals surface area contributed by atoms with Gasteiger partial charge < -0.3 is 0 Å². The van der Waals surface area contributed by atoms with Gasteiger partial charge in [-0.25, -0.2) is 4.98 Å². The number of hydrogen-bond acceptors (Lipinski definition) is 2. The maximum Gasteiger partial charge on any atom is 0.110 e. The highest BCUT2D eigenvalue weighted by molar-refractivity contribution is 9.09. The van der Waals surface area contributed by atoms with Crippen LogP contribution in [0.15, 0.2) is 5.38 Å². The maximum absolute atomic E-state index is 4.61. The predicted octanol–water partition coefficient (Wildman–Crippen LogP) is 3.48. The zero-order chi connectivity index (χ0) is 8.60. The average molecular weight is 246 g/mol. The predicted molar refractivity (Wildman–Crippen MR) is 55.9 cm³/mol. The second-order valence-electron chi connectivity index (χ2n) is 3.36. The van der Waals surface area contributed by atoms with Crippen LogP contribution in [-0.4, -0.2) is 4.98 Å². The molecule has 0 spiro atoms. The molecule has 0 bridgehead atoms. The third-order valence-electron chi connectivity index (χ3n) is 2.13. The van der Waals surface area contributed by atoms with Crippen LogP contribution < -0.4 is 0 Å². The van der Waals surface area contributed by atoms with Crippen LogP contribution in [0.1, 0.15) is 36.9 Å². The van der Waals surface area contributed by atoms with Gasteiger partial charge in [-0.1, -0.05) is 29.3 Å². The first-order chi connectivity index (χ1) is 5.74. The summed E-state index contributed by atoms with van der Waals surface area (Å²) < 4.78 is 0.281. The van der Waals surface area contributed by atoms with Crippen LogP contribution in [0.3, 0.4) is 0 Å². The van der Waals surface area contributed by atoms with Gasteiger partial charge in [0.25, 0.3) is 0 Å². The standard InChI is InChI=1S/C9H12BrNS/c1-2-3-7-6-12-8(11-7)9(10)4-5-9/h6H,2-5H2,1H3. The molecular formula is C9H12BrNS. The molecule has 1 aromatic rings. The Morgan fingerprint density at radius 2 is 2.42 bits per heavy atom. The summed E-state index contributed by atoms with van der Waals surface area (Å²) in [7, 11) is 0. The van der Waals surface area contributed by atoms with Crippen LogP contribution in [0.25, 0.3) is 0 Å². The lowest BCUT2D eigenvalue weighted by molar-refractivity contribution is 0.874. The molecule has 1 fully saturated rings. The van der Waals surface area contributed by atoms with Crippen molar-refractivity contribution in [1.29, 1.82) is 0 Å². The molecule has 2 rings (SSSR count). The van der Waals surface area contributed by atoms with Crippen molar-refractivity contribution in [3.05, 3.63) is 16.1 Å². The highest BCUT2D eigenvalue weighted by atomic mass is 79.9. The monoisotopic (exact) mass is 245 g/mol. The van der Waals surface area contributed by atoms with Crippen LogP contribution in [0.4, 0.5) is 0 Å². The fraction of sp³-hybridized carbons (Fsp3) is 0.667. The molecule has 0 N–H and O–H groups in total.